The molecule has 2 nitrogen and oxygen atoms in total. The highest BCUT2D eigenvalue weighted by Gasteiger charge is 2.22. The van der Waals surface area contributed by atoms with Crippen LogP contribution in [0.2, 0.25) is 0 Å². The summed E-state index contributed by atoms with van der Waals surface area (Å²) >= 11 is 5.70. The Morgan fingerprint density at radius 1 is 1.35 bits per heavy atom. The first-order valence-corrected chi connectivity index (χ1v) is 9.23. The second-order valence-corrected chi connectivity index (χ2v) is 7.70. The van der Waals surface area contributed by atoms with Crippen molar-refractivity contribution in [1.82, 2.24) is 5.32 Å². The third-order valence-corrected chi connectivity index (χ3v) is 5.41. The van der Waals surface area contributed by atoms with E-state index in [-0.39, 0.29) is 5.91 Å². The molecule has 2 rings (SSSR count). The highest BCUT2D eigenvalue weighted by molar-refractivity contribution is 14.1. The molecule has 0 bridgehead atoms. The highest BCUT2D eigenvalue weighted by atomic mass is 127. The van der Waals surface area contributed by atoms with Gasteiger partial charge in [-0.15, -0.1) is 0 Å². The molecule has 0 saturated heterocycles. The van der Waals surface area contributed by atoms with Crippen molar-refractivity contribution >= 4 is 44.4 Å². The summed E-state index contributed by atoms with van der Waals surface area (Å²) in [6.07, 6.45) is 7.37. The molecule has 1 aliphatic rings. The quantitative estimate of drug-likeness (QED) is 0.633. The van der Waals surface area contributed by atoms with E-state index >= 15 is 0 Å². The lowest BCUT2D eigenvalue weighted by Crippen LogP contribution is -2.37. The average Bonchev–Trinajstić information content (AvgIpc) is 2.44. The van der Waals surface area contributed by atoms with Crippen LogP contribution in [0.3, 0.4) is 0 Å². The second kappa shape index (κ2) is 7.78. The molecule has 1 fully saturated rings. The predicted octanol–water partition coefficient (Wildman–Crippen LogP) is 5.14. The first kappa shape index (κ1) is 16.3. The maximum absolute atomic E-state index is 12.3. The predicted molar refractivity (Wildman–Crippen MR) is 95.0 cm³/mol. The third-order valence-electron chi connectivity index (χ3n) is 4.05. The van der Waals surface area contributed by atoms with Crippen LogP contribution in [0.5, 0.6) is 0 Å². The first-order valence-electron chi connectivity index (χ1n) is 7.36. The van der Waals surface area contributed by atoms with Crippen LogP contribution in [-0.4, -0.2) is 11.9 Å². The number of rotatable bonds is 4. The van der Waals surface area contributed by atoms with Crippen LogP contribution in [0, 0.1) is 9.49 Å². The number of carbonyl (C=O) groups excluding carboxylic acids is 1. The molecular weight excluding hydrogens is 429 g/mol. The Morgan fingerprint density at radius 3 is 2.70 bits per heavy atom. The van der Waals surface area contributed by atoms with Gasteiger partial charge in [-0.1, -0.05) is 19.8 Å². The number of hydrogen-bond donors (Lipinski definition) is 1. The van der Waals surface area contributed by atoms with Gasteiger partial charge >= 0.3 is 0 Å². The zero-order valence-corrected chi connectivity index (χ0v) is 15.5. The summed E-state index contributed by atoms with van der Waals surface area (Å²) in [4.78, 5) is 12.3. The molecule has 0 aliphatic heterocycles. The fourth-order valence-electron chi connectivity index (χ4n) is 2.94. The summed E-state index contributed by atoms with van der Waals surface area (Å²) in [5, 5.41) is 3.19. The molecule has 0 atom stereocenters. The van der Waals surface area contributed by atoms with Crippen molar-refractivity contribution in [3.63, 3.8) is 0 Å². The number of hydrogen-bond acceptors (Lipinski definition) is 1. The molecule has 0 unspecified atom stereocenters. The normalized spacial score (nSPS) is 22.6. The zero-order valence-electron chi connectivity index (χ0n) is 11.8. The van der Waals surface area contributed by atoms with Crippen LogP contribution in [0.25, 0.3) is 0 Å². The molecule has 1 aromatic carbocycles. The van der Waals surface area contributed by atoms with Gasteiger partial charge in [-0.2, -0.15) is 0 Å². The number of carbonyl (C=O) groups is 1. The fraction of sp³-hybridized carbons (Fsp3) is 0.562. The van der Waals surface area contributed by atoms with Gasteiger partial charge in [0.2, 0.25) is 0 Å². The van der Waals surface area contributed by atoms with Crippen molar-refractivity contribution in [2.45, 2.75) is 51.5 Å². The lowest BCUT2D eigenvalue weighted by atomic mass is 9.83. The van der Waals surface area contributed by atoms with E-state index in [0.717, 1.165) is 32.4 Å². The van der Waals surface area contributed by atoms with Crippen molar-refractivity contribution in [3.05, 3.63) is 31.8 Å². The van der Waals surface area contributed by atoms with Gasteiger partial charge in [0, 0.05) is 14.1 Å². The van der Waals surface area contributed by atoms with E-state index in [1.807, 2.05) is 18.2 Å². The molecule has 20 heavy (non-hydrogen) atoms. The van der Waals surface area contributed by atoms with Crippen molar-refractivity contribution in [2.75, 3.05) is 0 Å². The largest absolute Gasteiger partial charge is 0.349 e. The maximum atomic E-state index is 12.3. The lowest BCUT2D eigenvalue weighted by Gasteiger charge is -2.29. The number of amides is 1. The Balaban J connectivity index is 1.91. The number of nitrogens with one attached hydrogen (secondary N) is 1. The topological polar surface area (TPSA) is 29.1 Å². The lowest BCUT2D eigenvalue weighted by molar-refractivity contribution is 0.0920. The molecule has 0 heterocycles. The highest BCUT2D eigenvalue weighted by Crippen LogP contribution is 2.28. The summed E-state index contributed by atoms with van der Waals surface area (Å²) in [6, 6.07) is 6.22. The summed E-state index contributed by atoms with van der Waals surface area (Å²) in [6.45, 7) is 2.25. The monoisotopic (exact) mass is 449 g/mol. The number of halogens is 2. The molecule has 1 aromatic rings. The van der Waals surface area contributed by atoms with Gasteiger partial charge < -0.3 is 5.32 Å². The number of benzene rings is 1. The smallest absolute Gasteiger partial charge is 0.252 e. The molecule has 0 aromatic heterocycles. The maximum Gasteiger partial charge on any atom is 0.252 e. The molecule has 4 heteroatoms. The zero-order chi connectivity index (χ0) is 14.5. The standard InChI is InChI=1S/C16H21BrINO/c1-2-3-11-4-7-13(8-5-11)19-16(20)14-10-12(18)6-9-15(14)17/h6,9-11,13H,2-5,7-8H2,1H3,(H,19,20). The Hall–Kier alpha value is -0.100. The molecule has 1 aliphatic carbocycles. The molecule has 0 radical (unpaired) electrons. The van der Waals surface area contributed by atoms with Crippen LogP contribution in [0.4, 0.5) is 0 Å². The van der Waals surface area contributed by atoms with Crippen LogP contribution >= 0.6 is 38.5 Å². The van der Waals surface area contributed by atoms with E-state index in [2.05, 4.69) is 50.8 Å². The summed E-state index contributed by atoms with van der Waals surface area (Å²) in [5.41, 5.74) is 0.743. The third kappa shape index (κ3) is 4.45. The van der Waals surface area contributed by atoms with E-state index in [4.69, 9.17) is 0 Å². The molecular formula is C16H21BrINO. The van der Waals surface area contributed by atoms with Crippen LogP contribution in [0.15, 0.2) is 22.7 Å². The van der Waals surface area contributed by atoms with Crippen LogP contribution in [-0.2, 0) is 0 Å². The molecule has 110 valence electrons. The van der Waals surface area contributed by atoms with Crippen LogP contribution < -0.4 is 5.32 Å². The Bertz CT molecular complexity index is 470. The van der Waals surface area contributed by atoms with Gasteiger partial charge in [0.15, 0.2) is 0 Å². The van der Waals surface area contributed by atoms with Crippen LogP contribution in [0.1, 0.15) is 55.8 Å². The summed E-state index contributed by atoms with van der Waals surface area (Å²) in [5.74, 6) is 0.923. The van der Waals surface area contributed by atoms with Crippen molar-refractivity contribution in [1.29, 1.82) is 0 Å². The molecule has 0 spiro atoms. The van der Waals surface area contributed by atoms with Gasteiger partial charge in [0.1, 0.15) is 0 Å². The Labute approximate surface area is 143 Å². The minimum absolute atomic E-state index is 0.0503. The Kier molecular flexibility index (Phi) is 6.33. The SMILES string of the molecule is CCCC1CCC(NC(=O)c2cc(I)ccc2Br)CC1. The van der Waals surface area contributed by atoms with Gasteiger partial charge in [-0.05, 0) is 88.3 Å². The minimum Gasteiger partial charge on any atom is -0.349 e. The average molecular weight is 450 g/mol. The summed E-state index contributed by atoms with van der Waals surface area (Å²) in [7, 11) is 0. The van der Waals surface area contributed by atoms with E-state index in [9.17, 15) is 4.79 Å². The Morgan fingerprint density at radius 2 is 2.05 bits per heavy atom. The van der Waals surface area contributed by atoms with Gasteiger partial charge in [-0.25, -0.2) is 0 Å². The van der Waals surface area contributed by atoms with E-state index in [0.29, 0.717) is 6.04 Å². The molecule has 1 amide bonds. The summed E-state index contributed by atoms with van der Waals surface area (Å²) < 4.78 is 1.96. The van der Waals surface area contributed by atoms with Crippen molar-refractivity contribution in [2.24, 2.45) is 5.92 Å². The van der Waals surface area contributed by atoms with Crippen molar-refractivity contribution in [3.8, 4) is 0 Å². The van der Waals surface area contributed by atoms with E-state index in [1.54, 1.807) is 0 Å². The first-order chi connectivity index (χ1) is 9.60. The van der Waals surface area contributed by atoms with Gasteiger partial charge in [0.25, 0.3) is 5.91 Å². The second-order valence-electron chi connectivity index (χ2n) is 5.60. The van der Waals surface area contributed by atoms with Crippen molar-refractivity contribution < 1.29 is 4.79 Å². The van der Waals surface area contributed by atoms with E-state index < -0.39 is 0 Å². The van der Waals surface area contributed by atoms with Gasteiger partial charge in [-0.3, -0.25) is 4.79 Å². The fourth-order valence-corrected chi connectivity index (χ4v) is 3.86. The molecule has 1 N–H and O–H groups in total. The molecule has 1 saturated carbocycles. The van der Waals surface area contributed by atoms with Gasteiger partial charge in [0.05, 0.1) is 5.56 Å². The minimum atomic E-state index is 0.0503. The van der Waals surface area contributed by atoms with E-state index in [1.165, 1.54) is 25.7 Å².